The minimum absolute atomic E-state index is 0.0795. The molecule has 2 nitrogen and oxygen atoms in total. The minimum Gasteiger partial charge on any atom is -0.298 e. The van der Waals surface area contributed by atoms with Crippen molar-refractivity contribution < 1.29 is 13.6 Å². The lowest BCUT2D eigenvalue weighted by Crippen LogP contribution is -2.44. The van der Waals surface area contributed by atoms with E-state index in [2.05, 4.69) is 12.2 Å². The Labute approximate surface area is 173 Å². The van der Waals surface area contributed by atoms with Crippen molar-refractivity contribution in [3.8, 4) is 0 Å². The van der Waals surface area contributed by atoms with Gasteiger partial charge in [-0.25, -0.2) is 0 Å². The summed E-state index contributed by atoms with van der Waals surface area (Å²) in [4.78, 5) is 12.5. The summed E-state index contributed by atoms with van der Waals surface area (Å²) >= 11 is 0. The van der Waals surface area contributed by atoms with Crippen LogP contribution in [0.1, 0.15) is 82.0 Å². The van der Waals surface area contributed by atoms with Gasteiger partial charge in [0.25, 0.3) is 0 Å². The Kier molecular flexibility index (Phi) is 9.46. The van der Waals surface area contributed by atoms with Gasteiger partial charge in [-0.1, -0.05) is 99.7 Å². The van der Waals surface area contributed by atoms with Crippen molar-refractivity contribution in [3.63, 3.8) is 0 Å². The average molecular weight is 402 g/mol. The molecule has 0 fully saturated rings. The van der Waals surface area contributed by atoms with E-state index in [9.17, 15) is 4.79 Å². The van der Waals surface area contributed by atoms with Crippen molar-refractivity contribution in [1.29, 1.82) is 0 Å². The molecule has 0 spiro atoms. The highest BCUT2D eigenvalue weighted by Gasteiger charge is 2.47. The summed E-state index contributed by atoms with van der Waals surface area (Å²) in [6.07, 6.45) is 5.66. The number of carbonyl (C=O) groups is 1. The number of unbranched alkanes of at least 4 members (excludes halogenated alkanes) is 5. The molecule has 0 heterocycles. The molecule has 4 heteroatoms. The molecule has 0 amide bonds. The molecule has 0 aliphatic carbocycles. The normalized spacial score (nSPS) is 13.8. The molecular weight excluding hydrogens is 368 g/mol. The van der Waals surface area contributed by atoms with Gasteiger partial charge in [-0.3, -0.25) is 10.1 Å². The van der Waals surface area contributed by atoms with Crippen LogP contribution >= 0.6 is 0 Å². The van der Waals surface area contributed by atoms with E-state index in [1.165, 1.54) is 0 Å². The van der Waals surface area contributed by atoms with Crippen molar-refractivity contribution in [2.75, 3.05) is 0 Å². The second kappa shape index (κ2) is 11.8. The summed E-state index contributed by atoms with van der Waals surface area (Å²) in [5.41, 5.74) is 1.34. The first-order valence-corrected chi connectivity index (χ1v) is 10.7. The number of halogens is 2. The first-order valence-electron chi connectivity index (χ1n) is 10.7. The molecule has 0 unspecified atom stereocenters. The number of hydrogen-bond acceptors (Lipinski definition) is 2. The van der Waals surface area contributed by atoms with Crippen LogP contribution in [0, 0.1) is 0 Å². The van der Waals surface area contributed by atoms with Crippen LogP contribution in [-0.4, -0.2) is 11.7 Å². The fraction of sp³-hybridized carbons (Fsp3) is 0.480. The molecule has 0 aliphatic rings. The fourth-order valence-corrected chi connectivity index (χ4v) is 3.54. The maximum absolute atomic E-state index is 15.3. The number of carbonyl (C=O) groups excluding carboxylic acids is 1. The van der Waals surface area contributed by atoms with E-state index in [1.807, 2.05) is 37.3 Å². The van der Waals surface area contributed by atoms with E-state index in [0.29, 0.717) is 12.0 Å². The second-order valence-electron chi connectivity index (χ2n) is 7.71. The zero-order chi connectivity index (χ0) is 21.1. The van der Waals surface area contributed by atoms with Crippen LogP contribution in [0.3, 0.4) is 0 Å². The molecular formula is C25H33F2NO. The lowest BCUT2D eigenvalue weighted by Gasteiger charge is -2.30. The predicted octanol–water partition coefficient (Wildman–Crippen LogP) is 7.03. The SMILES string of the molecule is CCCCCCCCC(=O)C(F)(F)[C@@H](N[C@H](C)c1ccccc1)c1ccccc1. The van der Waals surface area contributed by atoms with Gasteiger partial charge in [-0.2, -0.15) is 8.78 Å². The highest BCUT2D eigenvalue weighted by Crippen LogP contribution is 2.35. The zero-order valence-electron chi connectivity index (χ0n) is 17.5. The summed E-state index contributed by atoms with van der Waals surface area (Å²) in [5, 5.41) is 3.02. The number of Topliss-reactive ketones (excluding diaryl/α,β-unsaturated/α-hetero) is 1. The summed E-state index contributed by atoms with van der Waals surface area (Å²) in [6, 6.07) is 16.3. The maximum Gasteiger partial charge on any atom is 0.324 e. The Morgan fingerprint density at radius 2 is 1.38 bits per heavy atom. The lowest BCUT2D eigenvalue weighted by atomic mass is 9.93. The zero-order valence-corrected chi connectivity index (χ0v) is 17.5. The van der Waals surface area contributed by atoms with Crippen LogP contribution in [0.5, 0.6) is 0 Å². The van der Waals surface area contributed by atoms with Gasteiger partial charge in [0.15, 0.2) is 0 Å². The van der Waals surface area contributed by atoms with E-state index in [0.717, 1.165) is 37.7 Å². The number of rotatable bonds is 13. The Morgan fingerprint density at radius 1 is 0.862 bits per heavy atom. The van der Waals surface area contributed by atoms with Gasteiger partial charge < -0.3 is 0 Å². The standard InChI is InChI=1S/C25H33F2NO/c1-3-4-5-6-7-14-19-23(29)25(26,27)24(22-17-12-9-13-18-22)28-20(2)21-15-10-8-11-16-21/h8-13,15-18,20,24,28H,3-7,14,19H2,1-2H3/t20-,24+/m1/s1. The van der Waals surface area contributed by atoms with Gasteiger partial charge in [0.1, 0.15) is 6.04 Å². The van der Waals surface area contributed by atoms with Crippen molar-refractivity contribution >= 4 is 5.78 Å². The predicted molar refractivity (Wildman–Crippen MR) is 115 cm³/mol. The van der Waals surface area contributed by atoms with E-state index >= 15 is 8.78 Å². The monoisotopic (exact) mass is 401 g/mol. The smallest absolute Gasteiger partial charge is 0.298 e. The molecule has 29 heavy (non-hydrogen) atoms. The van der Waals surface area contributed by atoms with Crippen LogP contribution in [0.4, 0.5) is 8.78 Å². The van der Waals surface area contributed by atoms with Gasteiger partial charge in [-0.15, -0.1) is 0 Å². The Morgan fingerprint density at radius 3 is 1.97 bits per heavy atom. The largest absolute Gasteiger partial charge is 0.324 e. The van der Waals surface area contributed by atoms with Crippen molar-refractivity contribution in [2.45, 2.75) is 76.8 Å². The van der Waals surface area contributed by atoms with E-state index < -0.39 is 17.7 Å². The van der Waals surface area contributed by atoms with E-state index in [-0.39, 0.29) is 12.5 Å². The van der Waals surface area contributed by atoms with Crippen molar-refractivity contribution in [2.24, 2.45) is 0 Å². The highest BCUT2D eigenvalue weighted by molar-refractivity contribution is 5.86. The van der Waals surface area contributed by atoms with Gasteiger partial charge in [0.2, 0.25) is 5.78 Å². The molecule has 2 atom stereocenters. The van der Waals surface area contributed by atoms with E-state index in [1.54, 1.807) is 30.3 Å². The van der Waals surface area contributed by atoms with Gasteiger partial charge in [-0.05, 0) is 24.5 Å². The molecule has 0 saturated heterocycles. The van der Waals surface area contributed by atoms with Crippen LogP contribution in [0.2, 0.25) is 0 Å². The van der Waals surface area contributed by atoms with Crippen LogP contribution < -0.4 is 5.32 Å². The van der Waals surface area contributed by atoms with Gasteiger partial charge >= 0.3 is 5.92 Å². The maximum atomic E-state index is 15.3. The van der Waals surface area contributed by atoms with Gasteiger partial charge in [0.05, 0.1) is 0 Å². The Bertz CT molecular complexity index is 718. The molecule has 2 aromatic rings. The second-order valence-corrected chi connectivity index (χ2v) is 7.71. The molecule has 0 aliphatic heterocycles. The van der Waals surface area contributed by atoms with E-state index in [4.69, 9.17) is 0 Å². The highest BCUT2D eigenvalue weighted by atomic mass is 19.3. The van der Waals surface area contributed by atoms with Crippen LogP contribution in [0.15, 0.2) is 60.7 Å². The summed E-state index contributed by atoms with van der Waals surface area (Å²) in [6.45, 7) is 3.98. The summed E-state index contributed by atoms with van der Waals surface area (Å²) in [7, 11) is 0. The number of benzene rings is 2. The molecule has 0 saturated carbocycles. The molecule has 2 rings (SSSR count). The minimum atomic E-state index is -3.46. The fourth-order valence-electron chi connectivity index (χ4n) is 3.54. The molecule has 0 radical (unpaired) electrons. The molecule has 158 valence electrons. The van der Waals surface area contributed by atoms with Gasteiger partial charge in [0, 0.05) is 12.5 Å². The van der Waals surface area contributed by atoms with Crippen molar-refractivity contribution in [3.05, 3.63) is 71.8 Å². The summed E-state index contributed by atoms with van der Waals surface area (Å²) < 4.78 is 30.5. The third-order valence-electron chi connectivity index (χ3n) is 5.34. The number of alkyl halides is 2. The molecule has 0 bridgehead atoms. The first kappa shape index (κ1) is 23.2. The third-order valence-corrected chi connectivity index (χ3v) is 5.34. The lowest BCUT2D eigenvalue weighted by molar-refractivity contribution is -0.148. The molecule has 2 aromatic carbocycles. The number of ketones is 1. The molecule has 0 aromatic heterocycles. The average Bonchev–Trinajstić information content (AvgIpc) is 2.75. The Hall–Kier alpha value is -2.07. The third kappa shape index (κ3) is 7.04. The topological polar surface area (TPSA) is 29.1 Å². The Balaban J connectivity index is 2.09. The van der Waals surface area contributed by atoms with Crippen molar-refractivity contribution in [1.82, 2.24) is 5.32 Å². The quantitative estimate of drug-likeness (QED) is 0.365. The number of hydrogen-bond donors (Lipinski definition) is 1. The first-order chi connectivity index (χ1) is 14.0. The molecule has 1 N–H and O–H groups in total. The summed E-state index contributed by atoms with van der Waals surface area (Å²) in [5.74, 6) is -4.44. The number of nitrogens with one attached hydrogen (secondary N) is 1. The van der Waals surface area contributed by atoms with Crippen LogP contribution in [-0.2, 0) is 4.79 Å². The van der Waals surface area contributed by atoms with Crippen LogP contribution in [0.25, 0.3) is 0 Å².